The number of aryl methyl sites for hydroxylation is 1. The summed E-state index contributed by atoms with van der Waals surface area (Å²) in [5.41, 5.74) is 8.71. The third-order valence-electron chi connectivity index (χ3n) is 7.30. The Bertz CT molecular complexity index is 948. The van der Waals surface area contributed by atoms with Crippen molar-refractivity contribution in [3.05, 3.63) is 65.5 Å². The van der Waals surface area contributed by atoms with Crippen molar-refractivity contribution in [2.45, 2.75) is 57.4 Å². The molecule has 3 aliphatic rings. The molecule has 3 N–H and O–H groups in total. The standard InChI is InChI=1S/C25H31FN4O2/c1-18-14-29-21(15-28-18)16-30-23(31)25-9-6-24(7-10-25,8-11-25)20-2-4-22(5-3-20)32-17-19(12-26)13-27/h2-5,12,14-15H,6-11,13,16-17,27H2,1H3,(H,30,31). The number of nitrogens with one attached hydrogen (secondary N) is 1. The molecule has 5 rings (SSSR count). The first-order valence-corrected chi connectivity index (χ1v) is 11.3. The number of fused-ring (bicyclic) bond motifs is 3. The van der Waals surface area contributed by atoms with Crippen LogP contribution < -0.4 is 15.8 Å². The zero-order chi connectivity index (χ0) is 22.6. The molecule has 1 aromatic heterocycles. The SMILES string of the molecule is Cc1cnc(CNC(=O)C23CCC(c4ccc(OCC(=CF)CN)cc4)(CC2)CC3)cn1. The summed E-state index contributed by atoms with van der Waals surface area (Å²) in [6, 6.07) is 8.13. The van der Waals surface area contributed by atoms with Crippen LogP contribution in [0.15, 0.2) is 48.6 Å². The van der Waals surface area contributed by atoms with Gasteiger partial charge in [0.1, 0.15) is 12.4 Å². The summed E-state index contributed by atoms with van der Waals surface area (Å²) >= 11 is 0. The van der Waals surface area contributed by atoms with Gasteiger partial charge >= 0.3 is 0 Å². The smallest absolute Gasteiger partial charge is 0.226 e. The van der Waals surface area contributed by atoms with Gasteiger partial charge in [-0.15, -0.1) is 0 Å². The van der Waals surface area contributed by atoms with Crippen molar-refractivity contribution in [3.8, 4) is 5.75 Å². The van der Waals surface area contributed by atoms with Gasteiger partial charge in [0, 0.05) is 23.7 Å². The maximum absolute atomic E-state index is 13.1. The number of amides is 1. The van der Waals surface area contributed by atoms with Gasteiger partial charge in [-0.05, 0) is 68.6 Å². The zero-order valence-electron chi connectivity index (χ0n) is 18.6. The van der Waals surface area contributed by atoms with Gasteiger partial charge in [-0.2, -0.15) is 0 Å². The number of nitrogens with zero attached hydrogens (tertiary/aromatic N) is 2. The topological polar surface area (TPSA) is 90.1 Å². The Kier molecular flexibility index (Phi) is 6.55. The van der Waals surface area contributed by atoms with Crippen molar-refractivity contribution in [2.24, 2.45) is 11.1 Å². The van der Waals surface area contributed by atoms with Crippen LogP contribution in [0.5, 0.6) is 5.75 Å². The minimum Gasteiger partial charge on any atom is -0.489 e. The molecule has 170 valence electrons. The second kappa shape index (κ2) is 9.36. The summed E-state index contributed by atoms with van der Waals surface area (Å²) in [5, 5.41) is 3.10. The lowest BCUT2D eigenvalue weighted by Gasteiger charge is -2.52. The molecule has 1 amide bonds. The lowest BCUT2D eigenvalue weighted by molar-refractivity contribution is -0.138. The van der Waals surface area contributed by atoms with Gasteiger partial charge in [-0.3, -0.25) is 14.8 Å². The number of ether oxygens (including phenoxy) is 1. The third-order valence-corrected chi connectivity index (χ3v) is 7.30. The molecule has 2 aromatic rings. The number of rotatable bonds is 8. The van der Waals surface area contributed by atoms with Gasteiger partial charge in [-0.25, -0.2) is 4.39 Å². The lowest BCUT2D eigenvalue weighted by Crippen LogP contribution is -2.51. The maximum Gasteiger partial charge on any atom is 0.226 e. The van der Waals surface area contributed by atoms with E-state index >= 15 is 0 Å². The largest absolute Gasteiger partial charge is 0.489 e. The Hall–Kier alpha value is -2.80. The van der Waals surface area contributed by atoms with E-state index in [-0.39, 0.29) is 29.9 Å². The summed E-state index contributed by atoms with van der Waals surface area (Å²) < 4.78 is 18.3. The van der Waals surface area contributed by atoms with Crippen LogP contribution >= 0.6 is 0 Å². The fourth-order valence-electron chi connectivity index (χ4n) is 5.04. The van der Waals surface area contributed by atoms with Gasteiger partial charge in [-0.1, -0.05) is 12.1 Å². The molecule has 0 atom stereocenters. The Morgan fingerprint density at radius 2 is 1.81 bits per heavy atom. The molecule has 2 bridgehead atoms. The third kappa shape index (κ3) is 4.53. The number of hydrogen-bond acceptors (Lipinski definition) is 5. The van der Waals surface area contributed by atoms with Crippen molar-refractivity contribution in [3.63, 3.8) is 0 Å². The van der Waals surface area contributed by atoms with Gasteiger partial charge in [0.05, 0.1) is 30.5 Å². The van der Waals surface area contributed by atoms with Crippen molar-refractivity contribution < 1.29 is 13.9 Å². The van der Waals surface area contributed by atoms with Crippen molar-refractivity contribution in [1.82, 2.24) is 15.3 Å². The average molecular weight is 439 g/mol. The van der Waals surface area contributed by atoms with Gasteiger partial charge in [0.15, 0.2) is 0 Å². The van der Waals surface area contributed by atoms with Crippen LogP contribution in [-0.2, 0) is 16.8 Å². The van der Waals surface area contributed by atoms with E-state index in [1.54, 1.807) is 12.4 Å². The van der Waals surface area contributed by atoms with E-state index in [0.29, 0.717) is 24.2 Å². The average Bonchev–Trinajstić information content (AvgIpc) is 2.85. The van der Waals surface area contributed by atoms with Crippen LogP contribution in [0.4, 0.5) is 4.39 Å². The molecule has 3 fully saturated rings. The monoisotopic (exact) mass is 438 g/mol. The highest BCUT2D eigenvalue weighted by Gasteiger charge is 2.52. The maximum atomic E-state index is 13.1. The molecule has 1 heterocycles. The number of halogens is 1. The number of carbonyl (C=O) groups excluding carboxylic acids is 1. The highest BCUT2D eigenvalue weighted by Crippen LogP contribution is 2.57. The van der Waals surface area contributed by atoms with E-state index < -0.39 is 0 Å². The Labute approximate surface area is 188 Å². The summed E-state index contributed by atoms with van der Waals surface area (Å²) in [5.74, 6) is 0.853. The van der Waals surface area contributed by atoms with Crippen LogP contribution in [0.25, 0.3) is 0 Å². The highest BCUT2D eigenvalue weighted by atomic mass is 19.1. The molecule has 0 radical (unpaired) electrons. The van der Waals surface area contributed by atoms with E-state index in [1.807, 2.05) is 19.1 Å². The molecule has 7 heteroatoms. The molecule has 6 nitrogen and oxygen atoms in total. The molecule has 32 heavy (non-hydrogen) atoms. The van der Waals surface area contributed by atoms with Crippen molar-refractivity contribution in [1.29, 1.82) is 0 Å². The van der Waals surface area contributed by atoms with E-state index in [4.69, 9.17) is 10.5 Å². The Balaban J connectivity index is 1.34. The lowest BCUT2D eigenvalue weighted by atomic mass is 9.51. The summed E-state index contributed by atoms with van der Waals surface area (Å²) in [7, 11) is 0. The second-order valence-electron chi connectivity index (χ2n) is 9.18. The predicted molar refractivity (Wildman–Crippen MR) is 121 cm³/mol. The van der Waals surface area contributed by atoms with E-state index in [0.717, 1.165) is 49.9 Å². The first-order chi connectivity index (χ1) is 15.5. The van der Waals surface area contributed by atoms with E-state index in [9.17, 15) is 9.18 Å². The minimum absolute atomic E-state index is 0.129. The van der Waals surface area contributed by atoms with Gasteiger partial charge in [0.25, 0.3) is 0 Å². The highest BCUT2D eigenvalue weighted by molar-refractivity contribution is 5.83. The summed E-state index contributed by atoms with van der Waals surface area (Å²) in [4.78, 5) is 21.6. The Morgan fingerprint density at radius 3 is 2.38 bits per heavy atom. The molecular weight excluding hydrogens is 407 g/mol. The molecule has 0 aliphatic heterocycles. The number of hydrogen-bond donors (Lipinski definition) is 2. The number of carbonyl (C=O) groups is 1. The summed E-state index contributed by atoms with van der Waals surface area (Å²) in [6.45, 7) is 2.62. The molecule has 0 unspecified atom stereocenters. The second-order valence-corrected chi connectivity index (χ2v) is 9.18. The van der Waals surface area contributed by atoms with Crippen LogP contribution in [0.1, 0.15) is 55.5 Å². The zero-order valence-corrected chi connectivity index (χ0v) is 18.6. The first-order valence-electron chi connectivity index (χ1n) is 11.3. The first kappa shape index (κ1) is 22.4. The normalized spacial score (nSPS) is 24.9. The van der Waals surface area contributed by atoms with Crippen LogP contribution in [0.3, 0.4) is 0 Å². The fourth-order valence-corrected chi connectivity index (χ4v) is 5.04. The number of benzene rings is 1. The van der Waals surface area contributed by atoms with Gasteiger partial charge < -0.3 is 15.8 Å². The molecule has 0 saturated heterocycles. The summed E-state index contributed by atoms with van der Waals surface area (Å²) in [6.07, 6.45) is 9.67. The number of nitrogens with two attached hydrogens (primary N) is 1. The van der Waals surface area contributed by atoms with Gasteiger partial charge in [0.2, 0.25) is 5.91 Å². The molecule has 3 aliphatic carbocycles. The molecule has 0 spiro atoms. The minimum atomic E-state index is -0.264. The molecular formula is C25H31FN4O2. The molecule has 1 aromatic carbocycles. The van der Waals surface area contributed by atoms with Crippen LogP contribution in [0, 0.1) is 12.3 Å². The molecule has 3 saturated carbocycles. The predicted octanol–water partition coefficient (Wildman–Crippen LogP) is 3.88. The van der Waals surface area contributed by atoms with E-state index in [1.165, 1.54) is 5.56 Å². The van der Waals surface area contributed by atoms with E-state index in [2.05, 4.69) is 27.4 Å². The quantitative estimate of drug-likeness (QED) is 0.653. The van der Waals surface area contributed by atoms with Crippen LogP contribution in [0.2, 0.25) is 0 Å². The van der Waals surface area contributed by atoms with Crippen molar-refractivity contribution >= 4 is 5.91 Å². The van der Waals surface area contributed by atoms with Crippen molar-refractivity contribution in [2.75, 3.05) is 13.2 Å². The number of aromatic nitrogens is 2. The fraction of sp³-hybridized carbons (Fsp3) is 0.480. The Morgan fingerprint density at radius 1 is 1.12 bits per heavy atom. The van der Waals surface area contributed by atoms with Crippen LogP contribution in [-0.4, -0.2) is 29.0 Å².